The van der Waals surface area contributed by atoms with Gasteiger partial charge in [-0.15, -0.1) is 0 Å². The van der Waals surface area contributed by atoms with E-state index in [0.717, 1.165) is 76.4 Å². The minimum absolute atomic E-state index is 0.165. The maximum absolute atomic E-state index is 13.0. The molecule has 0 aromatic heterocycles. The highest BCUT2D eigenvalue weighted by molar-refractivity contribution is 5.94. The van der Waals surface area contributed by atoms with Gasteiger partial charge in [0.15, 0.2) is 0 Å². The van der Waals surface area contributed by atoms with Gasteiger partial charge in [-0.1, -0.05) is 6.92 Å². The van der Waals surface area contributed by atoms with E-state index in [1.165, 1.54) is 6.42 Å². The first kappa shape index (κ1) is 19.2. The minimum Gasteiger partial charge on any atom is -0.494 e. The van der Waals surface area contributed by atoms with Crippen molar-refractivity contribution in [2.45, 2.75) is 45.1 Å². The van der Waals surface area contributed by atoms with E-state index in [0.29, 0.717) is 12.6 Å². The van der Waals surface area contributed by atoms with E-state index in [-0.39, 0.29) is 5.91 Å². The Morgan fingerprint density at radius 1 is 1.15 bits per heavy atom. The van der Waals surface area contributed by atoms with Crippen molar-refractivity contribution in [1.29, 1.82) is 0 Å². The Morgan fingerprint density at radius 3 is 2.65 bits per heavy atom. The monoisotopic (exact) mass is 360 g/mol. The summed E-state index contributed by atoms with van der Waals surface area (Å²) in [4.78, 5) is 17.6. The lowest BCUT2D eigenvalue weighted by Crippen LogP contribution is -2.46. The second-order valence-corrected chi connectivity index (χ2v) is 7.26. The molecule has 2 saturated heterocycles. The molecule has 1 amide bonds. The number of hydrogen-bond acceptors (Lipinski definition) is 4. The smallest absolute Gasteiger partial charge is 0.254 e. The molecule has 2 aliphatic rings. The Hall–Kier alpha value is -1.59. The lowest BCUT2D eigenvalue weighted by molar-refractivity contribution is 0.0295. The predicted octanol–water partition coefficient (Wildman–Crippen LogP) is 3.19. The number of ether oxygens (including phenoxy) is 2. The van der Waals surface area contributed by atoms with Crippen LogP contribution in [-0.4, -0.2) is 67.7 Å². The van der Waals surface area contributed by atoms with Crippen molar-refractivity contribution in [3.8, 4) is 5.75 Å². The van der Waals surface area contributed by atoms with Crippen molar-refractivity contribution in [3.63, 3.8) is 0 Å². The third kappa shape index (κ3) is 5.21. The maximum Gasteiger partial charge on any atom is 0.254 e. The van der Waals surface area contributed by atoms with E-state index >= 15 is 0 Å². The highest BCUT2D eigenvalue weighted by Gasteiger charge is 2.28. The number of likely N-dealkylation sites (tertiary alicyclic amines) is 1. The van der Waals surface area contributed by atoms with Gasteiger partial charge in [0.25, 0.3) is 5.91 Å². The summed E-state index contributed by atoms with van der Waals surface area (Å²) in [5, 5.41) is 0. The fraction of sp³-hybridized carbons (Fsp3) is 0.667. The van der Waals surface area contributed by atoms with Crippen LogP contribution in [-0.2, 0) is 4.74 Å². The van der Waals surface area contributed by atoms with Gasteiger partial charge in [0.2, 0.25) is 0 Å². The van der Waals surface area contributed by atoms with Gasteiger partial charge in [0.1, 0.15) is 5.75 Å². The van der Waals surface area contributed by atoms with Crippen LogP contribution in [0.2, 0.25) is 0 Å². The van der Waals surface area contributed by atoms with Crippen molar-refractivity contribution in [3.05, 3.63) is 29.8 Å². The average molecular weight is 360 g/mol. The Labute approximate surface area is 157 Å². The van der Waals surface area contributed by atoms with E-state index in [4.69, 9.17) is 9.47 Å². The molecule has 144 valence electrons. The molecule has 0 aliphatic carbocycles. The van der Waals surface area contributed by atoms with Gasteiger partial charge >= 0.3 is 0 Å². The highest BCUT2D eigenvalue weighted by Crippen LogP contribution is 2.23. The highest BCUT2D eigenvalue weighted by atomic mass is 16.5. The largest absolute Gasteiger partial charge is 0.494 e. The van der Waals surface area contributed by atoms with Gasteiger partial charge in [-0.25, -0.2) is 0 Å². The Bertz CT molecular complexity index is 555. The number of nitrogens with zero attached hydrogens (tertiary/aromatic N) is 2. The number of amides is 1. The van der Waals surface area contributed by atoms with Crippen LogP contribution in [0.4, 0.5) is 0 Å². The van der Waals surface area contributed by atoms with Gasteiger partial charge in [-0.2, -0.15) is 0 Å². The van der Waals surface area contributed by atoms with Crippen molar-refractivity contribution in [1.82, 2.24) is 9.80 Å². The molecule has 2 fully saturated rings. The van der Waals surface area contributed by atoms with E-state index in [1.54, 1.807) is 0 Å². The van der Waals surface area contributed by atoms with Gasteiger partial charge in [0, 0.05) is 37.8 Å². The summed E-state index contributed by atoms with van der Waals surface area (Å²) in [6.45, 7) is 8.43. The summed E-state index contributed by atoms with van der Waals surface area (Å²) < 4.78 is 11.0. The molecule has 0 bridgehead atoms. The van der Waals surface area contributed by atoms with E-state index in [1.807, 2.05) is 24.3 Å². The first-order valence-electron chi connectivity index (χ1n) is 10.1. The van der Waals surface area contributed by atoms with E-state index in [2.05, 4.69) is 16.7 Å². The second-order valence-electron chi connectivity index (χ2n) is 7.26. The zero-order valence-electron chi connectivity index (χ0n) is 16.0. The predicted molar refractivity (Wildman–Crippen MR) is 103 cm³/mol. The molecule has 1 unspecified atom stereocenters. The van der Waals surface area contributed by atoms with Gasteiger partial charge in [0.05, 0.1) is 19.8 Å². The number of morpholine rings is 1. The lowest BCUT2D eigenvalue weighted by Gasteiger charge is -2.37. The number of hydrogen-bond donors (Lipinski definition) is 0. The summed E-state index contributed by atoms with van der Waals surface area (Å²) >= 11 is 0. The van der Waals surface area contributed by atoms with Gasteiger partial charge < -0.3 is 14.4 Å². The summed E-state index contributed by atoms with van der Waals surface area (Å²) in [7, 11) is 0. The summed E-state index contributed by atoms with van der Waals surface area (Å²) in [6.07, 6.45) is 5.50. The van der Waals surface area contributed by atoms with Crippen LogP contribution in [0.1, 0.15) is 49.4 Å². The molecule has 3 rings (SSSR count). The molecule has 0 N–H and O–H groups in total. The Kier molecular flexibility index (Phi) is 7.32. The quantitative estimate of drug-likeness (QED) is 0.749. The van der Waals surface area contributed by atoms with Crippen molar-refractivity contribution in [2.24, 2.45) is 0 Å². The molecule has 5 nitrogen and oxygen atoms in total. The normalized spacial score (nSPS) is 21.6. The Morgan fingerprint density at radius 2 is 1.92 bits per heavy atom. The third-order valence-electron chi connectivity index (χ3n) is 5.34. The number of benzene rings is 1. The number of rotatable bonds is 7. The van der Waals surface area contributed by atoms with Crippen LogP contribution < -0.4 is 4.74 Å². The SMILES string of the molecule is CCCOc1ccc(C(=O)N2CCCCC2CCN2CCOCC2)cc1. The van der Waals surface area contributed by atoms with Crippen molar-refractivity contribution in [2.75, 3.05) is 46.0 Å². The molecule has 1 aromatic carbocycles. The number of carbonyl (C=O) groups is 1. The van der Waals surface area contributed by atoms with Crippen LogP contribution in [0, 0.1) is 0 Å². The molecule has 2 heterocycles. The first-order valence-corrected chi connectivity index (χ1v) is 10.1. The first-order chi connectivity index (χ1) is 12.8. The minimum atomic E-state index is 0.165. The molecular formula is C21H32N2O3. The molecule has 5 heteroatoms. The molecule has 1 aromatic rings. The van der Waals surface area contributed by atoms with E-state index in [9.17, 15) is 4.79 Å². The standard InChI is InChI=1S/C21H32N2O3/c1-2-15-26-20-8-6-18(7-9-20)21(24)23-11-4-3-5-19(23)10-12-22-13-16-25-17-14-22/h6-9,19H,2-5,10-17H2,1H3. The number of carbonyl (C=O) groups excluding carboxylic acids is 1. The molecule has 26 heavy (non-hydrogen) atoms. The molecule has 1 atom stereocenters. The molecule has 2 aliphatic heterocycles. The fourth-order valence-electron chi connectivity index (χ4n) is 3.80. The zero-order chi connectivity index (χ0) is 18.2. The fourth-order valence-corrected chi connectivity index (χ4v) is 3.80. The van der Waals surface area contributed by atoms with Crippen molar-refractivity contribution >= 4 is 5.91 Å². The summed E-state index contributed by atoms with van der Waals surface area (Å²) in [6, 6.07) is 7.99. The maximum atomic E-state index is 13.0. The van der Waals surface area contributed by atoms with Crippen molar-refractivity contribution < 1.29 is 14.3 Å². The van der Waals surface area contributed by atoms with Crippen LogP contribution in [0.5, 0.6) is 5.75 Å². The van der Waals surface area contributed by atoms with Gasteiger partial charge in [-0.05, 0) is 56.4 Å². The summed E-state index contributed by atoms with van der Waals surface area (Å²) in [5.41, 5.74) is 0.770. The van der Waals surface area contributed by atoms with Crippen LogP contribution in [0.25, 0.3) is 0 Å². The second kappa shape index (κ2) is 9.93. The third-order valence-corrected chi connectivity index (χ3v) is 5.34. The van der Waals surface area contributed by atoms with E-state index < -0.39 is 0 Å². The molecule has 0 radical (unpaired) electrons. The van der Waals surface area contributed by atoms with Gasteiger partial charge in [-0.3, -0.25) is 9.69 Å². The summed E-state index contributed by atoms with van der Waals surface area (Å²) in [5.74, 6) is 1.00. The topological polar surface area (TPSA) is 42.0 Å². The van der Waals surface area contributed by atoms with Crippen LogP contribution in [0.3, 0.4) is 0 Å². The zero-order valence-corrected chi connectivity index (χ0v) is 16.0. The van der Waals surface area contributed by atoms with Crippen LogP contribution >= 0.6 is 0 Å². The lowest BCUT2D eigenvalue weighted by atomic mass is 9.97. The Balaban J connectivity index is 1.58. The van der Waals surface area contributed by atoms with Crippen LogP contribution in [0.15, 0.2) is 24.3 Å². The average Bonchev–Trinajstić information content (AvgIpc) is 2.71. The number of piperidine rings is 1. The molecular weight excluding hydrogens is 328 g/mol. The molecule has 0 spiro atoms. The molecule has 0 saturated carbocycles.